The quantitative estimate of drug-likeness (QED) is 0.0720. The van der Waals surface area contributed by atoms with Gasteiger partial charge in [-0.15, -0.1) is 0 Å². The van der Waals surface area contributed by atoms with Crippen LogP contribution in [0.25, 0.3) is 5.57 Å². The van der Waals surface area contributed by atoms with Gasteiger partial charge in [0.05, 0.1) is 42.7 Å². The van der Waals surface area contributed by atoms with E-state index in [1.54, 1.807) is 18.2 Å². The van der Waals surface area contributed by atoms with Crippen LogP contribution in [0.3, 0.4) is 0 Å². The van der Waals surface area contributed by atoms with Gasteiger partial charge in [0.1, 0.15) is 17.2 Å². The zero-order valence-electron chi connectivity index (χ0n) is 33.7. The lowest BCUT2D eigenvalue weighted by atomic mass is 9.86. The number of halogens is 4. The van der Waals surface area contributed by atoms with Crippen molar-refractivity contribution in [2.24, 2.45) is 4.99 Å². The molecule has 0 aromatic heterocycles. The Balaban J connectivity index is 0.000000181. The Morgan fingerprint density at radius 2 is 1.29 bits per heavy atom. The van der Waals surface area contributed by atoms with Gasteiger partial charge in [-0.2, -0.15) is 0 Å². The lowest BCUT2D eigenvalue weighted by Crippen LogP contribution is -2.26. The topological polar surface area (TPSA) is 221 Å². The SMILES string of the molecule is C.CC(=O)O.O=C(O)c1c(Cl)ccc(Cl)c1C1=c2cc3c(cc2Oc2cc4c(cc21)CCCN4)=NCCC3.O=C(O)c1cc(Cl)c2c(c1Cl)C(=O)OC2=O.Oc1ccc2c(c1)NCCC2. The maximum atomic E-state index is 12.3. The molecule has 10 rings (SSSR count). The number of carboxylic acid groups (broad SMARTS) is 3. The van der Waals surface area contributed by atoms with Crippen molar-refractivity contribution in [2.45, 2.75) is 52.9 Å². The molecule has 6 N–H and O–H groups in total. The molecule has 0 bridgehead atoms. The van der Waals surface area contributed by atoms with E-state index in [1.165, 1.54) is 23.6 Å². The molecule has 5 aromatic rings. The highest BCUT2D eigenvalue weighted by molar-refractivity contribution is 6.42. The predicted octanol–water partition coefficient (Wildman–Crippen LogP) is 9.45. The first-order valence-electron chi connectivity index (χ1n) is 19.8. The van der Waals surface area contributed by atoms with Gasteiger partial charge in [-0.3, -0.25) is 9.79 Å². The van der Waals surface area contributed by atoms with Crippen molar-refractivity contribution in [1.82, 2.24) is 0 Å². The van der Waals surface area contributed by atoms with E-state index in [4.69, 9.17) is 71.3 Å². The normalized spacial score (nSPS) is 14.3. The Labute approximate surface area is 392 Å². The summed E-state index contributed by atoms with van der Waals surface area (Å²) >= 11 is 24.4. The second-order valence-corrected chi connectivity index (χ2v) is 16.5. The second kappa shape index (κ2) is 20.2. The number of rotatable bonds is 3. The van der Waals surface area contributed by atoms with E-state index < -0.39 is 29.8 Å². The first-order valence-corrected chi connectivity index (χ1v) is 21.3. The van der Waals surface area contributed by atoms with Crippen molar-refractivity contribution in [1.29, 1.82) is 0 Å². The Morgan fingerprint density at radius 3 is 1.97 bits per heavy atom. The van der Waals surface area contributed by atoms with Gasteiger partial charge in [0.15, 0.2) is 0 Å². The summed E-state index contributed by atoms with van der Waals surface area (Å²) in [5.74, 6) is -3.56. The van der Waals surface area contributed by atoms with Gasteiger partial charge in [-0.1, -0.05) is 59.9 Å². The van der Waals surface area contributed by atoms with Crippen molar-refractivity contribution in [3.8, 4) is 17.2 Å². The smallest absolute Gasteiger partial charge is 0.348 e. The molecule has 0 fully saturated rings. The van der Waals surface area contributed by atoms with Crippen LogP contribution in [0, 0.1) is 0 Å². The number of aryl methyl sites for hydroxylation is 3. The van der Waals surface area contributed by atoms with E-state index in [0.717, 1.165) is 103 Å². The second-order valence-electron chi connectivity index (χ2n) is 14.9. The van der Waals surface area contributed by atoms with Crippen LogP contribution in [0.1, 0.15) is 103 Å². The largest absolute Gasteiger partial charge is 0.508 e. The number of cyclic esters (lactones) is 2. The first-order chi connectivity index (χ1) is 30.5. The van der Waals surface area contributed by atoms with Crippen LogP contribution in [0.4, 0.5) is 11.4 Å². The molecule has 0 atom stereocenters. The number of carbonyl (C=O) groups is 5. The lowest BCUT2D eigenvalue weighted by Gasteiger charge is -2.27. The van der Waals surface area contributed by atoms with Gasteiger partial charge in [0, 0.05) is 83.1 Å². The molecule has 0 spiro atoms. The Kier molecular flexibility index (Phi) is 15.0. The van der Waals surface area contributed by atoms with Gasteiger partial charge < -0.3 is 40.5 Å². The first kappa shape index (κ1) is 48.1. The van der Waals surface area contributed by atoms with Crippen molar-refractivity contribution in [3.63, 3.8) is 0 Å². The molecular weight excluding hydrogens is 924 g/mol. The van der Waals surface area contributed by atoms with Gasteiger partial charge in [0.25, 0.3) is 5.97 Å². The summed E-state index contributed by atoms with van der Waals surface area (Å²) in [5, 5.41) is 43.8. The minimum Gasteiger partial charge on any atom is -0.508 e. The number of aromatic carboxylic acids is 2. The van der Waals surface area contributed by atoms with Gasteiger partial charge in [0.2, 0.25) is 0 Å². The Hall–Kier alpha value is -6.32. The number of ether oxygens (including phenoxy) is 2. The van der Waals surface area contributed by atoms with Gasteiger partial charge in [-0.25, -0.2) is 19.2 Å². The lowest BCUT2D eigenvalue weighted by molar-refractivity contribution is -0.134. The van der Waals surface area contributed by atoms with Crippen LogP contribution >= 0.6 is 46.4 Å². The molecule has 5 aliphatic rings. The monoisotopic (exact) mass is 963 g/mol. The fourth-order valence-electron chi connectivity index (χ4n) is 7.83. The summed E-state index contributed by atoms with van der Waals surface area (Å²) in [6.45, 7) is 3.81. The molecule has 65 heavy (non-hydrogen) atoms. The molecule has 5 heterocycles. The van der Waals surface area contributed by atoms with E-state index in [1.807, 2.05) is 18.2 Å². The molecule has 0 unspecified atom stereocenters. The van der Waals surface area contributed by atoms with Gasteiger partial charge in [-0.05, 0) is 91.6 Å². The number of aliphatic carboxylic acids is 1. The highest BCUT2D eigenvalue weighted by Gasteiger charge is 2.37. The highest BCUT2D eigenvalue weighted by Crippen LogP contribution is 2.44. The fourth-order valence-corrected chi connectivity index (χ4v) is 8.91. The number of hydrogen-bond acceptors (Lipinski definition) is 11. The third kappa shape index (κ3) is 10.2. The van der Waals surface area contributed by atoms with Crippen LogP contribution in [0.5, 0.6) is 17.2 Å². The van der Waals surface area contributed by atoms with Crippen LogP contribution in [0.15, 0.2) is 65.7 Å². The number of carbonyl (C=O) groups excluding carboxylic acids is 2. The van der Waals surface area contributed by atoms with Crippen molar-refractivity contribution >= 4 is 93.2 Å². The summed E-state index contributed by atoms with van der Waals surface area (Å²) in [7, 11) is 0. The van der Waals surface area contributed by atoms with Crippen molar-refractivity contribution < 1.29 is 53.9 Å². The Morgan fingerprint density at radius 1 is 0.662 bits per heavy atom. The van der Waals surface area contributed by atoms with E-state index in [2.05, 4.69) is 32.5 Å². The number of nitrogens with zero attached hydrogens (tertiary/aromatic N) is 1. The molecule has 5 aliphatic heterocycles. The minimum absolute atomic E-state index is 0. The fraction of sp³-hybridized carbons (Fsp3) is 0.234. The van der Waals surface area contributed by atoms with E-state index >= 15 is 0 Å². The molecule has 18 heteroatoms. The van der Waals surface area contributed by atoms with Crippen LogP contribution < -0.4 is 25.9 Å². The molecule has 0 saturated heterocycles. The van der Waals surface area contributed by atoms with Crippen molar-refractivity contribution in [2.75, 3.05) is 30.3 Å². The number of fused-ring (bicyclic) bond motifs is 6. The van der Waals surface area contributed by atoms with Crippen LogP contribution in [-0.4, -0.2) is 69.9 Å². The molecule has 338 valence electrons. The molecular formula is C47H41Cl4N3O11. The summed E-state index contributed by atoms with van der Waals surface area (Å²) in [6.07, 6.45) is 6.19. The predicted molar refractivity (Wildman–Crippen MR) is 247 cm³/mol. The standard InChI is InChI=1S/C26H20Cl2N2O3.C9H2Cl2O5.C9H11NO.C2H4O2.CH4/c27-17-5-6-18(28)25(26(31)32)24(17)23-15-9-13-3-1-7-29-19(13)11-21(15)33-22-12-20-14(10-16(22)23)4-2-8-30-20;10-3-1-2(7(12)13)6(11)5-4(3)8(14)16-9(5)15;11-8-4-3-7-2-1-5-10-9(7)6-8;1-2(3)4;/h5-6,9-12,29H,1-4,7-8H2,(H,31,32);1H,(H,12,13);3-4,6,10-11H,1-2,5H2;1H3,(H,3,4);1H4. The summed E-state index contributed by atoms with van der Waals surface area (Å²) in [4.78, 5) is 59.2. The number of benzene rings is 5. The van der Waals surface area contributed by atoms with Crippen LogP contribution in [0.2, 0.25) is 20.1 Å². The van der Waals surface area contributed by atoms with E-state index in [-0.39, 0.29) is 44.7 Å². The summed E-state index contributed by atoms with van der Waals surface area (Å²) in [6, 6.07) is 17.8. The molecule has 0 saturated carbocycles. The van der Waals surface area contributed by atoms with Crippen LogP contribution in [-0.2, 0) is 28.8 Å². The number of esters is 2. The summed E-state index contributed by atoms with van der Waals surface area (Å²) < 4.78 is 10.7. The average molecular weight is 966 g/mol. The number of hydrogen-bond donors (Lipinski definition) is 6. The number of phenols is 1. The maximum Gasteiger partial charge on any atom is 0.348 e. The minimum atomic E-state index is -1.35. The number of anilines is 2. The Bertz CT molecular complexity index is 2930. The van der Waals surface area contributed by atoms with Gasteiger partial charge >= 0.3 is 23.9 Å². The number of nitrogens with one attached hydrogen (secondary N) is 2. The zero-order chi connectivity index (χ0) is 46.0. The van der Waals surface area contributed by atoms with E-state index in [9.17, 15) is 24.3 Å². The number of aromatic hydroxyl groups is 1. The molecule has 14 nitrogen and oxygen atoms in total. The van der Waals surface area contributed by atoms with E-state index in [0.29, 0.717) is 27.8 Å². The molecule has 0 aliphatic carbocycles. The molecule has 0 amide bonds. The summed E-state index contributed by atoms with van der Waals surface area (Å²) in [5.41, 5.74) is 6.88. The number of phenolic OH excluding ortho intramolecular Hbond substituents is 1. The van der Waals surface area contributed by atoms with Crippen molar-refractivity contribution in [3.05, 3.63) is 141 Å². The maximum absolute atomic E-state index is 12.3. The third-order valence-electron chi connectivity index (χ3n) is 10.6. The number of carboxylic acids is 3. The average Bonchev–Trinajstić information content (AvgIpc) is 3.57. The molecule has 0 radical (unpaired) electrons. The highest BCUT2D eigenvalue weighted by atomic mass is 35.5. The zero-order valence-corrected chi connectivity index (χ0v) is 36.8. The third-order valence-corrected chi connectivity index (χ3v) is 11.9. The molecule has 5 aromatic carbocycles.